The van der Waals surface area contributed by atoms with Gasteiger partial charge in [-0.25, -0.2) is 13.6 Å². The van der Waals surface area contributed by atoms with Gasteiger partial charge in [-0.2, -0.15) is 13.7 Å². The highest BCUT2D eigenvalue weighted by Gasteiger charge is 2.24. The van der Waals surface area contributed by atoms with E-state index < -0.39 is 52.9 Å². The van der Waals surface area contributed by atoms with Crippen LogP contribution in [0.3, 0.4) is 0 Å². The molecule has 31 heavy (non-hydrogen) atoms. The molecular weight excluding hydrogens is 458 g/mol. The molecule has 0 unspecified atom stereocenters. The molecule has 0 atom stereocenters. The summed E-state index contributed by atoms with van der Waals surface area (Å²) in [5.74, 6) is -1.67. The number of hydrazone groups is 1. The molecule has 0 spiro atoms. The van der Waals surface area contributed by atoms with E-state index >= 15 is 0 Å². The van der Waals surface area contributed by atoms with Crippen LogP contribution in [-0.4, -0.2) is 37.3 Å². The van der Waals surface area contributed by atoms with E-state index in [1.54, 1.807) is 0 Å². The van der Waals surface area contributed by atoms with Gasteiger partial charge in [0.25, 0.3) is 16.0 Å². The van der Waals surface area contributed by atoms with Gasteiger partial charge in [0.15, 0.2) is 5.75 Å². The van der Waals surface area contributed by atoms with Crippen molar-refractivity contribution in [2.24, 2.45) is 20.5 Å². The third kappa shape index (κ3) is 6.00. The van der Waals surface area contributed by atoms with Crippen LogP contribution in [0.1, 0.15) is 0 Å². The minimum Gasteiger partial charge on any atom is -0.505 e. The van der Waals surface area contributed by atoms with Crippen molar-refractivity contribution in [3.05, 3.63) is 46.5 Å². The molecule has 0 amide bonds. The number of phenolic OH excluding ortho intramolecular Hbond substituents is 1. The van der Waals surface area contributed by atoms with E-state index in [-0.39, 0.29) is 10.6 Å². The molecule has 2 aromatic rings. The fraction of sp³-hybridized carbons (Fsp3) is 0. The number of hydrogen-bond donors (Lipinski definition) is 4. The number of aromatic hydroxyl groups is 1. The second-order valence-electron chi connectivity index (χ2n) is 5.47. The lowest BCUT2D eigenvalue weighted by Crippen LogP contribution is -2.11. The lowest BCUT2D eigenvalue weighted by Gasteiger charge is -2.03. The van der Waals surface area contributed by atoms with Gasteiger partial charge < -0.3 is 5.11 Å². The van der Waals surface area contributed by atoms with Crippen LogP contribution in [0.5, 0.6) is 5.75 Å². The number of amidine groups is 1. The number of nitriles is 1. The molecule has 0 aromatic heterocycles. The van der Waals surface area contributed by atoms with Gasteiger partial charge in [0.1, 0.15) is 11.0 Å². The average molecular weight is 469 g/mol. The SMILES string of the molecule is N#C/C(N=Nc1c(O)cc(S(=O)(=O)O)cc1[N+](=O)[O-])=N\Nc1ccc(S(N)(=O)=O)cc1. The number of nitro benzene ring substituents is 1. The molecule has 162 valence electrons. The fourth-order valence-electron chi connectivity index (χ4n) is 1.97. The first-order valence-corrected chi connectivity index (χ1v) is 10.6. The molecule has 15 nitrogen and oxygen atoms in total. The molecule has 0 aliphatic carbocycles. The topological polar surface area (TPSA) is 251 Å². The Labute approximate surface area is 174 Å². The molecule has 0 fully saturated rings. The van der Waals surface area contributed by atoms with Gasteiger partial charge in [-0.1, -0.05) is 0 Å². The quantitative estimate of drug-likeness (QED) is 0.117. The van der Waals surface area contributed by atoms with Gasteiger partial charge in [-0.3, -0.25) is 20.1 Å². The van der Waals surface area contributed by atoms with Gasteiger partial charge in [-0.05, 0) is 24.3 Å². The summed E-state index contributed by atoms with van der Waals surface area (Å²) in [5, 5.41) is 45.2. The maximum Gasteiger partial charge on any atom is 0.301 e. The molecule has 0 radical (unpaired) electrons. The van der Waals surface area contributed by atoms with Crippen molar-refractivity contribution >= 4 is 43.0 Å². The summed E-state index contributed by atoms with van der Waals surface area (Å²) in [6.45, 7) is 0. The number of hydrogen-bond acceptors (Lipinski definition) is 11. The zero-order valence-corrected chi connectivity index (χ0v) is 16.6. The zero-order valence-electron chi connectivity index (χ0n) is 14.9. The molecule has 0 aliphatic heterocycles. The Hall–Kier alpha value is -3.98. The molecule has 0 aliphatic rings. The van der Waals surface area contributed by atoms with E-state index in [0.717, 1.165) is 0 Å². The van der Waals surface area contributed by atoms with Gasteiger partial charge in [0, 0.05) is 12.1 Å². The lowest BCUT2D eigenvalue weighted by atomic mass is 10.2. The van der Waals surface area contributed by atoms with E-state index in [2.05, 4.69) is 20.8 Å². The Balaban J connectivity index is 2.34. The van der Waals surface area contributed by atoms with Crippen LogP contribution in [0.15, 0.2) is 61.5 Å². The summed E-state index contributed by atoms with van der Waals surface area (Å²) in [4.78, 5) is 8.93. The van der Waals surface area contributed by atoms with Crippen molar-refractivity contribution in [3.8, 4) is 11.8 Å². The molecule has 2 aromatic carbocycles. The predicted octanol–water partition coefficient (Wildman–Crippen LogP) is 1.23. The Kier molecular flexibility index (Phi) is 6.62. The Morgan fingerprint density at radius 1 is 1.16 bits per heavy atom. The Bertz CT molecular complexity index is 1340. The maximum absolute atomic E-state index is 11.2. The van der Waals surface area contributed by atoms with Gasteiger partial charge in [0.05, 0.1) is 15.5 Å². The number of sulfonamides is 1. The molecule has 17 heteroatoms. The van der Waals surface area contributed by atoms with Gasteiger partial charge in [-0.15, -0.1) is 15.3 Å². The largest absolute Gasteiger partial charge is 0.505 e. The number of nitrogens with two attached hydrogens (primary N) is 1. The first kappa shape index (κ1) is 23.3. The highest BCUT2D eigenvalue weighted by atomic mass is 32.2. The number of nitro groups is 1. The summed E-state index contributed by atoms with van der Waals surface area (Å²) < 4.78 is 53.7. The average Bonchev–Trinajstić information content (AvgIpc) is 2.67. The monoisotopic (exact) mass is 469 g/mol. The summed E-state index contributed by atoms with van der Waals surface area (Å²) in [6.07, 6.45) is 0. The predicted molar refractivity (Wildman–Crippen MR) is 104 cm³/mol. The number of rotatable bonds is 6. The first-order chi connectivity index (χ1) is 14.3. The third-order valence-corrected chi connectivity index (χ3v) is 5.12. The van der Waals surface area contributed by atoms with Crippen LogP contribution >= 0.6 is 0 Å². The highest BCUT2D eigenvalue weighted by Crippen LogP contribution is 2.39. The summed E-state index contributed by atoms with van der Waals surface area (Å²) in [6, 6.07) is 7.34. The smallest absolute Gasteiger partial charge is 0.301 e. The highest BCUT2D eigenvalue weighted by molar-refractivity contribution is 7.89. The van der Waals surface area contributed by atoms with Crippen LogP contribution in [-0.2, 0) is 20.1 Å². The maximum atomic E-state index is 11.2. The number of primary sulfonamides is 1. The van der Waals surface area contributed by atoms with Crippen LogP contribution < -0.4 is 10.6 Å². The number of phenols is 1. The Morgan fingerprint density at radius 3 is 2.26 bits per heavy atom. The fourth-order valence-corrected chi connectivity index (χ4v) is 3.01. The summed E-state index contributed by atoms with van der Waals surface area (Å²) >= 11 is 0. The molecule has 2 rings (SSSR count). The van der Waals surface area contributed by atoms with Crippen LogP contribution in [0.4, 0.5) is 17.1 Å². The second kappa shape index (κ2) is 8.80. The lowest BCUT2D eigenvalue weighted by molar-refractivity contribution is -0.384. The number of azo groups is 1. The van der Waals surface area contributed by atoms with Crippen LogP contribution in [0.25, 0.3) is 0 Å². The molecule has 5 N–H and O–H groups in total. The van der Waals surface area contributed by atoms with E-state index in [1.807, 2.05) is 0 Å². The number of nitrogens with zero attached hydrogens (tertiary/aromatic N) is 5. The number of nitrogens with one attached hydrogen (secondary N) is 1. The van der Waals surface area contributed by atoms with E-state index in [0.29, 0.717) is 12.1 Å². The standard InChI is InChI=1S/C14H11N7O8S2/c15-7-13(18-17-8-1-3-9(4-2-8)30(16,25)26)19-20-14-11(21(23)24)5-10(6-12(14)22)31(27,28)29/h1-6,17,22H,(H2,16,25,26)(H,27,28,29)/b18-13+,20-19?. The second-order valence-corrected chi connectivity index (χ2v) is 8.45. The molecule has 0 saturated heterocycles. The van der Waals surface area contributed by atoms with Crippen LogP contribution in [0.2, 0.25) is 0 Å². The van der Waals surface area contributed by atoms with Crippen molar-refractivity contribution in [2.45, 2.75) is 9.79 Å². The van der Waals surface area contributed by atoms with Crippen molar-refractivity contribution in [1.82, 2.24) is 0 Å². The molecule has 0 saturated carbocycles. The summed E-state index contributed by atoms with van der Waals surface area (Å²) in [7, 11) is -8.76. The zero-order chi connectivity index (χ0) is 23.4. The van der Waals surface area contributed by atoms with Crippen molar-refractivity contribution in [3.63, 3.8) is 0 Å². The first-order valence-electron chi connectivity index (χ1n) is 7.60. The van der Waals surface area contributed by atoms with E-state index in [1.165, 1.54) is 30.3 Å². The summed E-state index contributed by atoms with van der Waals surface area (Å²) in [5.41, 5.74) is 0.775. The Morgan fingerprint density at radius 2 is 1.77 bits per heavy atom. The normalized spacial score (nSPS) is 12.5. The van der Waals surface area contributed by atoms with Crippen molar-refractivity contribution in [2.75, 3.05) is 5.43 Å². The van der Waals surface area contributed by atoms with E-state index in [9.17, 15) is 32.1 Å². The minimum atomic E-state index is -4.85. The number of benzene rings is 2. The van der Waals surface area contributed by atoms with Crippen LogP contribution in [0, 0.1) is 21.4 Å². The van der Waals surface area contributed by atoms with Crippen molar-refractivity contribution in [1.29, 1.82) is 5.26 Å². The van der Waals surface area contributed by atoms with Gasteiger partial charge >= 0.3 is 5.69 Å². The third-order valence-electron chi connectivity index (χ3n) is 3.36. The van der Waals surface area contributed by atoms with Gasteiger partial charge in [0.2, 0.25) is 15.7 Å². The van der Waals surface area contributed by atoms with Crippen molar-refractivity contribution < 1.29 is 31.4 Å². The van der Waals surface area contributed by atoms with E-state index in [4.69, 9.17) is 15.0 Å². The molecule has 0 heterocycles. The molecule has 0 bridgehead atoms. The minimum absolute atomic E-state index is 0.168. The number of anilines is 1. The molecular formula is C14H11N7O8S2.